The largest absolute Gasteiger partial charge is 0.316 e. The lowest BCUT2D eigenvalue weighted by molar-refractivity contribution is 1.13. The molecule has 0 radical (unpaired) electrons. The van der Waals surface area contributed by atoms with Crippen molar-refractivity contribution >= 4 is 54.4 Å². The van der Waals surface area contributed by atoms with Gasteiger partial charge in [-0.15, -0.1) is 0 Å². The van der Waals surface area contributed by atoms with Crippen LogP contribution >= 0.6 is 0 Å². The maximum atomic E-state index is 5.24. The molecule has 0 N–H and O–H groups in total. The first-order chi connectivity index (χ1) is 26.8. The first-order valence-corrected chi connectivity index (χ1v) is 18.3. The van der Waals surface area contributed by atoms with E-state index < -0.39 is 0 Å². The summed E-state index contributed by atoms with van der Waals surface area (Å²) in [7, 11) is 0. The summed E-state index contributed by atoms with van der Waals surface area (Å²) in [5, 5.41) is 7.21. The van der Waals surface area contributed by atoms with Crippen LogP contribution in [0.5, 0.6) is 0 Å². The van der Waals surface area contributed by atoms with Gasteiger partial charge in [-0.05, 0) is 82.6 Å². The SMILES string of the molecule is c1ccc(-n2ccc3c2ccc2c4ccccc4n(-c4ccc(-c5nc(-c6ccc(-c7cccc8ccccc78)cc6)c6ccccc6n5)cc4)c23)cc1. The molecule has 4 heteroatoms. The van der Waals surface area contributed by atoms with E-state index in [1.54, 1.807) is 0 Å². The summed E-state index contributed by atoms with van der Waals surface area (Å²) in [5.41, 5.74) is 12.1. The predicted molar refractivity (Wildman–Crippen MR) is 225 cm³/mol. The van der Waals surface area contributed by atoms with E-state index in [1.807, 2.05) is 6.07 Å². The molecule has 0 saturated carbocycles. The second-order valence-corrected chi connectivity index (χ2v) is 13.8. The summed E-state index contributed by atoms with van der Waals surface area (Å²) in [6.07, 6.45) is 2.18. The molecule has 0 aliphatic carbocycles. The third kappa shape index (κ3) is 4.78. The van der Waals surface area contributed by atoms with Crippen LogP contribution in [-0.2, 0) is 0 Å². The Labute approximate surface area is 311 Å². The normalized spacial score (nSPS) is 11.7. The van der Waals surface area contributed by atoms with Crippen molar-refractivity contribution in [3.8, 4) is 45.1 Å². The number of rotatable bonds is 5. The molecule has 3 heterocycles. The van der Waals surface area contributed by atoms with Crippen LogP contribution in [0.4, 0.5) is 0 Å². The van der Waals surface area contributed by atoms with Gasteiger partial charge in [0.05, 0.1) is 27.8 Å². The number of hydrogen-bond donors (Lipinski definition) is 0. The quantitative estimate of drug-likeness (QED) is 0.180. The minimum atomic E-state index is 0.706. The van der Waals surface area contributed by atoms with E-state index in [4.69, 9.17) is 9.97 Å². The van der Waals surface area contributed by atoms with Gasteiger partial charge < -0.3 is 9.13 Å². The zero-order valence-electron chi connectivity index (χ0n) is 29.3. The van der Waals surface area contributed by atoms with Crippen LogP contribution in [0.2, 0.25) is 0 Å². The molecule has 0 unspecified atom stereocenters. The van der Waals surface area contributed by atoms with Crippen LogP contribution in [0.1, 0.15) is 0 Å². The van der Waals surface area contributed by atoms with Gasteiger partial charge in [-0.1, -0.05) is 127 Å². The van der Waals surface area contributed by atoms with E-state index >= 15 is 0 Å². The third-order valence-corrected chi connectivity index (χ3v) is 10.8. The van der Waals surface area contributed by atoms with Gasteiger partial charge in [-0.25, -0.2) is 9.97 Å². The molecule has 0 aliphatic rings. The number of para-hydroxylation sites is 3. The van der Waals surface area contributed by atoms with Crippen molar-refractivity contribution in [3.05, 3.63) is 194 Å². The van der Waals surface area contributed by atoms with E-state index in [9.17, 15) is 0 Å². The molecule has 8 aromatic carbocycles. The number of benzene rings is 8. The molecule has 4 nitrogen and oxygen atoms in total. The van der Waals surface area contributed by atoms with Crippen LogP contribution in [0.15, 0.2) is 194 Å². The minimum absolute atomic E-state index is 0.706. The average Bonchev–Trinajstić information content (AvgIpc) is 3.83. The summed E-state index contributed by atoms with van der Waals surface area (Å²) >= 11 is 0. The Balaban J connectivity index is 1.02. The molecule has 11 aromatic rings. The Morgan fingerprint density at radius 3 is 1.91 bits per heavy atom. The molecule has 0 spiro atoms. The van der Waals surface area contributed by atoms with E-state index in [0.717, 1.165) is 39.1 Å². The molecule has 0 aliphatic heterocycles. The molecule has 3 aromatic heterocycles. The fourth-order valence-electron chi connectivity index (χ4n) is 8.23. The maximum Gasteiger partial charge on any atom is 0.160 e. The second-order valence-electron chi connectivity index (χ2n) is 13.8. The van der Waals surface area contributed by atoms with Crippen molar-refractivity contribution in [3.63, 3.8) is 0 Å². The van der Waals surface area contributed by atoms with Gasteiger partial charge >= 0.3 is 0 Å². The Morgan fingerprint density at radius 2 is 1.06 bits per heavy atom. The second kappa shape index (κ2) is 12.1. The number of fused-ring (bicyclic) bond motifs is 7. The van der Waals surface area contributed by atoms with Gasteiger partial charge in [0, 0.05) is 50.2 Å². The van der Waals surface area contributed by atoms with Crippen LogP contribution in [0.3, 0.4) is 0 Å². The van der Waals surface area contributed by atoms with Crippen molar-refractivity contribution in [2.75, 3.05) is 0 Å². The van der Waals surface area contributed by atoms with E-state index in [0.29, 0.717) is 5.82 Å². The zero-order valence-corrected chi connectivity index (χ0v) is 29.3. The van der Waals surface area contributed by atoms with Crippen LogP contribution in [0, 0.1) is 0 Å². The molecule has 54 heavy (non-hydrogen) atoms. The number of aromatic nitrogens is 4. The van der Waals surface area contributed by atoms with Gasteiger partial charge in [0.1, 0.15) is 0 Å². The highest BCUT2D eigenvalue weighted by Crippen LogP contribution is 2.38. The van der Waals surface area contributed by atoms with Gasteiger partial charge in [-0.3, -0.25) is 0 Å². The molecular formula is C50H32N4. The van der Waals surface area contributed by atoms with Crippen molar-refractivity contribution in [1.82, 2.24) is 19.1 Å². The first-order valence-electron chi connectivity index (χ1n) is 18.3. The average molecular weight is 689 g/mol. The molecule has 252 valence electrons. The highest BCUT2D eigenvalue weighted by atomic mass is 15.0. The van der Waals surface area contributed by atoms with Gasteiger partial charge in [0.15, 0.2) is 5.82 Å². The van der Waals surface area contributed by atoms with Crippen LogP contribution in [-0.4, -0.2) is 19.1 Å². The molecule has 0 amide bonds. The van der Waals surface area contributed by atoms with E-state index in [1.165, 1.54) is 54.6 Å². The Bertz CT molecular complexity index is 3180. The Kier molecular flexibility index (Phi) is 6.82. The monoisotopic (exact) mass is 688 g/mol. The third-order valence-electron chi connectivity index (χ3n) is 10.8. The smallest absolute Gasteiger partial charge is 0.160 e. The number of nitrogens with zero attached hydrogens (tertiary/aromatic N) is 4. The van der Waals surface area contributed by atoms with Crippen molar-refractivity contribution in [2.45, 2.75) is 0 Å². The molecular weight excluding hydrogens is 657 g/mol. The van der Waals surface area contributed by atoms with Gasteiger partial charge in [0.2, 0.25) is 0 Å². The number of hydrogen-bond acceptors (Lipinski definition) is 2. The van der Waals surface area contributed by atoms with E-state index in [-0.39, 0.29) is 0 Å². The summed E-state index contributed by atoms with van der Waals surface area (Å²) in [6.45, 7) is 0. The summed E-state index contributed by atoms with van der Waals surface area (Å²) in [4.78, 5) is 10.3. The summed E-state index contributed by atoms with van der Waals surface area (Å²) in [5.74, 6) is 0.706. The van der Waals surface area contributed by atoms with Crippen molar-refractivity contribution in [2.24, 2.45) is 0 Å². The first kappa shape index (κ1) is 30.3. The lowest BCUT2D eigenvalue weighted by Crippen LogP contribution is -1.97. The fraction of sp³-hybridized carbons (Fsp3) is 0. The topological polar surface area (TPSA) is 35.6 Å². The Morgan fingerprint density at radius 1 is 0.370 bits per heavy atom. The molecule has 0 saturated heterocycles. The van der Waals surface area contributed by atoms with E-state index in [2.05, 4.69) is 197 Å². The fourth-order valence-corrected chi connectivity index (χ4v) is 8.23. The highest BCUT2D eigenvalue weighted by Gasteiger charge is 2.18. The summed E-state index contributed by atoms with van der Waals surface area (Å²) in [6, 6.07) is 66.8. The lowest BCUT2D eigenvalue weighted by atomic mass is 9.96. The minimum Gasteiger partial charge on any atom is -0.316 e. The molecule has 0 fully saturated rings. The van der Waals surface area contributed by atoms with Crippen LogP contribution in [0.25, 0.3) is 99.5 Å². The van der Waals surface area contributed by atoms with Crippen molar-refractivity contribution < 1.29 is 0 Å². The summed E-state index contributed by atoms with van der Waals surface area (Å²) < 4.78 is 4.67. The molecule has 11 rings (SSSR count). The zero-order chi connectivity index (χ0) is 35.6. The highest BCUT2D eigenvalue weighted by molar-refractivity contribution is 6.18. The lowest BCUT2D eigenvalue weighted by Gasteiger charge is -2.12. The van der Waals surface area contributed by atoms with Crippen molar-refractivity contribution in [1.29, 1.82) is 0 Å². The predicted octanol–water partition coefficient (Wildman–Crippen LogP) is 12.8. The molecule has 0 atom stereocenters. The van der Waals surface area contributed by atoms with Gasteiger partial charge in [-0.2, -0.15) is 0 Å². The van der Waals surface area contributed by atoms with Crippen LogP contribution < -0.4 is 0 Å². The van der Waals surface area contributed by atoms with Gasteiger partial charge in [0.25, 0.3) is 0 Å². The Hall–Kier alpha value is -7.30. The maximum absolute atomic E-state index is 5.24. The standard InChI is InChI=1S/C50H32N4/c1-2-13-37(14-3-1)53-32-31-44-46(53)30-29-42-41-16-7-9-20-47(41)54(49(42)44)38-27-25-36(26-28-38)50-51-45-19-8-6-17-43(45)48(52-50)35-23-21-34(22-24-35)40-18-10-12-33-11-4-5-15-39(33)40/h1-32H. The molecule has 0 bridgehead atoms.